The smallest absolute Gasteiger partial charge is 0.101 e. The van der Waals surface area contributed by atoms with Crippen molar-refractivity contribution in [2.45, 2.75) is 0 Å². The maximum atomic E-state index is 8.71. The third-order valence-corrected chi connectivity index (χ3v) is 1.62. The summed E-state index contributed by atoms with van der Waals surface area (Å²) in [6.07, 6.45) is 0. The predicted molar refractivity (Wildman–Crippen MR) is 56.5 cm³/mol. The zero-order valence-corrected chi connectivity index (χ0v) is 7.81. The normalized spacial score (nSPS) is 7.93. The van der Waals surface area contributed by atoms with E-state index in [0.29, 0.717) is 16.8 Å². The standard InChI is InChI=1S/C10H7N5/c11-7-9-6-8(3-4-10(9)12)2-1-5-14-15-13/h3-4,6H,5,12H2. The molecule has 0 spiro atoms. The number of hydrogen-bond acceptors (Lipinski definition) is 3. The molecule has 0 atom stereocenters. The highest BCUT2D eigenvalue weighted by Crippen LogP contribution is 2.11. The molecule has 0 aliphatic carbocycles. The highest BCUT2D eigenvalue weighted by molar-refractivity contribution is 5.57. The Morgan fingerprint density at radius 1 is 1.53 bits per heavy atom. The van der Waals surface area contributed by atoms with Crippen LogP contribution in [0.5, 0.6) is 0 Å². The van der Waals surface area contributed by atoms with E-state index in [1.54, 1.807) is 18.2 Å². The largest absolute Gasteiger partial charge is 0.398 e. The lowest BCUT2D eigenvalue weighted by Gasteiger charge is -1.96. The van der Waals surface area contributed by atoms with Crippen LogP contribution >= 0.6 is 0 Å². The van der Waals surface area contributed by atoms with Crippen molar-refractivity contribution in [1.29, 1.82) is 5.26 Å². The van der Waals surface area contributed by atoms with Crippen molar-refractivity contribution in [3.8, 4) is 17.9 Å². The van der Waals surface area contributed by atoms with Crippen molar-refractivity contribution < 1.29 is 0 Å². The Hall–Kier alpha value is -2.62. The molecule has 0 saturated heterocycles. The lowest BCUT2D eigenvalue weighted by molar-refractivity contribution is 1.25. The molecular formula is C10H7N5. The van der Waals surface area contributed by atoms with Crippen LogP contribution in [0.2, 0.25) is 0 Å². The summed E-state index contributed by atoms with van der Waals surface area (Å²) in [6, 6.07) is 6.89. The predicted octanol–water partition coefficient (Wildman–Crippen LogP) is 1.80. The number of nitriles is 1. The summed E-state index contributed by atoms with van der Waals surface area (Å²) in [7, 11) is 0. The van der Waals surface area contributed by atoms with Crippen LogP contribution in [0.4, 0.5) is 5.69 Å². The molecule has 0 fully saturated rings. The monoisotopic (exact) mass is 197 g/mol. The number of anilines is 1. The first-order chi connectivity index (χ1) is 7.27. The van der Waals surface area contributed by atoms with Gasteiger partial charge in [0.05, 0.1) is 12.1 Å². The quantitative estimate of drug-likeness (QED) is 0.244. The van der Waals surface area contributed by atoms with Crippen molar-refractivity contribution >= 4 is 5.69 Å². The van der Waals surface area contributed by atoms with Gasteiger partial charge >= 0.3 is 0 Å². The van der Waals surface area contributed by atoms with Gasteiger partial charge in [-0.15, -0.1) is 0 Å². The van der Waals surface area contributed by atoms with Crippen molar-refractivity contribution in [2.24, 2.45) is 5.11 Å². The Kier molecular flexibility index (Phi) is 3.61. The summed E-state index contributed by atoms with van der Waals surface area (Å²) >= 11 is 0. The van der Waals surface area contributed by atoms with E-state index in [9.17, 15) is 0 Å². The van der Waals surface area contributed by atoms with Crippen LogP contribution in [0.15, 0.2) is 23.3 Å². The van der Waals surface area contributed by atoms with E-state index in [1.807, 2.05) is 6.07 Å². The molecule has 5 nitrogen and oxygen atoms in total. The molecule has 0 radical (unpaired) electrons. The molecule has 5 heteroatoms. The molecule has 1 aromatic rings. The van der Waals surface area contributed by atoms with Crippen molar-refractivity contribution in [3.05, 3.63) is 39.8 Å². The summed E-state index contributed by atoms with van der Waals surface area (Å²) in [5, 5.41) is 12.0. The molecule has 1 aromatic carbocycles. The molecule has 0 amide bonds. The molecule has 1 rings (SSSR count). The Balaban J connectivity index is 2.91. The SMILES string of the molecule is N#Cc1cc(C#CCN=[N+]=[N-])ccc1N. The highest BCUT2D eigenvalue weighted by atomic mass is 15.1. The number of rotatable bonds is 1. The van der Waals surface area contributed by atoms with Gasteiger partial charge in [0.1, 0.15) is 6.07 Å². The van der Waals surface area contributed by atoms with Crippen LogP contribution in [0.25, 0.3) is 10.4 Å². The van der Waals surface area contributed by atoms with E-state index >= 15 is 0 Å². The number of nitrogens with zero attached hydrogens (tertiary/aromatic N) is 4. The van der Waals surface area contributed by atoms with Gasteiger partial charge in [0, 0.05) is 16.2 Å². The van der Waals surface area contributed by atoms with E-state index in [0.717, 1.165) is 0 Å². The third kappa shape index (κ3) is 2.96. The Labute approximate surface area is 86.8 Å². The van der Waals surface area contributed by atoms with E-state index in [4.69, 9.17) is 16.5 Å². The molecule has 0 aliphatic rings. The lowest BCUT2D eigenvalue weighted by atomic mass is 10.1. The van der Waals surface area contributed by atoms with Gasteiger partial charge in [0.25, 0.3) is 0 Å². The molecule has 0 aromatic heterocycles. The van der Waals surface area contributed by atoms with Gasteiger partial charge in [-0.2, -0.15) is 5.26 Å². The molecule has 2 N–H and O–H groups in total. The first-order valence-corrected chi connectivity index (χ1v) is 4.07. The lowest BCUT2D eigenvalue weighted by Crippen LogP contribution is -1.90. The van der Waals surface area contributed by atoms with Gasteiger partial charge in [-0.25, -0.2) is 0 Å². The van der Waals surface area contributed by atoms with Crippen LogP contribution in [0, 0.1) is 23.2 Å². The van der Waals surface area contributed by atoms with Gasteiger partial charge in [0.2, 0.25) is 0 Å². The molecular weight excluding hydrogens is 190 g/mol. The second kappa shape index (κ2) is 5.18. The van der Waals surface area contributed by atoms with Gasteiger partial charge in [-0.3, -0.25) is 0 Å². The van der Waals surface area contributed by atoms with E-state index in [2.05, 4.69) is 21.9 Å². The molecule has 15 heavy (non-hydrogen) atoms. The van der Waals surface area contributed by atoms with E-state index < -0.39 is 0 Å². The highest BCUT2D eigenvalue weighted by Gasteiger charge is 1.97. The number of azide groups is 1. The minimum atomic E-state index is 0.114. The third-order valence-electron chi connectivity index (χ3n) is 1.62. The van der Waals surface area contributed by atoms with Crippen LogP contribution in [0.1, 0.15) is 11.1 Å². The molecule has 0 heterocycles. The zero-order chi connectivity index (χ0) is 11.1. The number of nitrogen functional groups attached to an aromatic ring is 1. The molecule has 0 unspecified atom stereocenters. The number of nitrogens with two attached hydrogens (primary N) is 1. The minimum Gasteiger partial charge on any atom is -0.398 e. The molecule has 0 bridgehead atoms. The average Bonchev–Trinajstić information content (AvgIpc) is 2.26. The fourth-order valence-corrected chi connectivity index (χ4v) is 0.939. The van der Waals surface area contributed by atoms with Gasteiger partial charge in [0.15, 0.2) is 0 Å². The summed E-state index contributed by atoms with van der Waals surface area (Å²) < 4.78 is 0. The minimum absolute atomic E-state index is 0.114. The van der Waals surface area contributed by atoms with Crippen LogP contribution < -0.4 is 5.73 Å². The summed E-state index contributed by atoms with van der Waals surface area (Å²) in [5.74, 6) is 5.41. The Morgan fingerprint density at radius 2 is 2.33 bits per heavy atom. The maximum Gasteiger partial charge on any atom is 0.101 e. The van der Waals surface area contributed by atoms with Gasteiger partial charge < -0.3 is 5.73 Å². The van der Waals surface area contributed by atoms with Gasteiger partial charge in [-0.05, 0) is 23.7 Å². The number of hydrogen-bond donors (Lipinski definition) is 1. The Bertz CT molecular complexity index is 509. The summed E-state index contributed by atoms with van der Waals surface area (Å²) in [4.78, 5) is 2.56. The van der Waals surface area contributed by atoms with Crippen molar-refractivity contribution in [2.75, 3.05) is 12.3 Å². The topological polar surface area (TPSA) is 98.6 Å². The summed E-state index contributed by atoms with van der Waals surface area (Å²) in [6.45, 7) is 0.114. The van der Waals surface area contributed by atoms with Crippen LogP contribution in [-0.4, -0.2) is 6.54 Å². The molecule has 0 saturated carbocycles. The second-order valence-electron chi connectivity index (χ2n) is 2.60. The van der Waals surface area contributed by atoms with Crippen LogP contribution in [0.3, 0.4) is 0 Å². The second-order valence-corrected chi connectivity index (χ2v) is 2.60. The average molecular weight is 197 g/mol. The van der Waals surface area contributed by atoms with Crippen LogP contribution in [-0.2, 0) is 0 Å². The Morgan fingerprint density at radius 3 is 3.00 bits per heavy atom. The van der Waals surface area contributed by atoms with E-state index in [1.165, 1.54) is 0 Å². The fraction of sp³-hybridized carbons (Fsp3) is 0.100. The first-order valence-electron chi connectivity index (χ1n) is 4.07. The first kappa shape index (κ1) is 10.5. The van der Waals surface area contributed by atoms with Gasteiger partial charge in [-0.1, -0.05) is 17.0 Å². The molecule has 72 valence electrons. The maximum absolute atomic E-state index is 8.71. The molecule has 0 aliphatic heterocycles. The fourth-order valence-electron chi connectivity index (χ4n) is 0.939. The summed E-state index contributed by atoms with van der Waals surface area (Å²) in [5.41, 5.74) is 15.0. The zero-order valence-electron chi connectivity index (χ0n) is 7.81. The van der Waals surface area contributed by atoms with Crippen molar-refractivity contribution in [3.63, 3.8) is 0 Å². The van der Waals surface area contributed by atoms with E-state index in [-0.39, 0.29) is 6.54 Å². The van der Waals surface area contributed by atoms with Crippen molar-refractivity contribution in [1.82, 2.24) is 0 Å². The number of benzene rings is 1.